The molecule has 1 aliphatic heterocycles. The highest BCUT2D eigenvalue weighted by molar-refractivity contribution is 5.78. The summed E-state index contributed by atoms with van der Waals surface area (Å²) in [6.07, 6.45) is 10.6. The van der Waals surface area contributed by atoms with Gasteiger partial charge in [-0.1, -0.05) is 0 Å². The van der Waals surface area contributed by atoms with Crippen LogP contribution in [0.1, 0.15) is 18.9 Å². The molecule has 5 aromatic rings. The third-order valence-electron chi connectivity index (χ3n) is 6.10. The van der Waals surface area contributed by atoms with E-state index in [1.165, 1.54) is 12.4 Å². The third kappa shape index (κ3) is 3.19. The molecule has 6 rings (SSSR count). The minimum Gasteiger partial charge on any atom is -0.325 e. The summed E-state index contributed by atoms with van der Waals surface area (Å²) >= 11 is 0. The molecular weight excluding hydrogens is 409 g/mol. The Morgan fingerprint density at radius 1 is 1.12 bits per heavy atom. The van der Waals surface area contributed by atoms with Gasteiger partial charge in [-0.15, -0.1) is 0 Å². The van der Waals surface area contributed by atoms with Crippen molar-refractivity contribution in [1.29, 1.82) is 0 Å². The summed E-state index contributed by atoms with van der Waals surface area (Å²) in [5, 5.41) is 10.6. The molecule has 0 atom stereocenters. The standard InChI is InChI=1S/C22H22FN9/c1-30-8-4-14(5-9-30)32-13-16(23)20-22(32)27-19(12-25-20)26-18-11-17(28-29-18)15-3-2-7-31-10-6-24-21(15)31/h2-3,6-7,10-14H,4-5,8-9H2,1H3,(H2,26,27,28,29). The molecule has 1 saturated heterocycles. The van der Waals surface area contributed by atoms with E-state index in [1.54, 1.807) is 6.20 Å². The van der Waals surface area contributed by atoms with Crippen LogP contribution in [0.5, 0.6) is 0 Å². The number of rotatable bonds is 4. The monoisotopic (exact) mass is 431 g/mol. The van der Waals surface area contributed by atoms with Crippen LogP contribution in [-0.4, -0.2) is 59.2 Å². The zero-order valence-corrected chi connectivity index (χ0v) is 17.5. The van der Waals surface area contributed by atoms with Gasteiger partial charge >= 0.3 is 0 Å². The van der Waals surface area contributed by atoms with Crippen molar-refractivity contribution in [3.8, 4) is 11.3 Å². The van der Waals surface area contributed by atoms with Gasteiger partial charge in [-0.2, -0.15) is 5.10 Å². The fourth-order valence-electron chi connectivity index (χ4n) is 4.40. The van der Waals surface area contributed by atoms with Crippen molar-refractivity contribution in [3.63, 3.8) is 0 Å². The number of aromatic amines is 1. The van der Waals surface area contributed by atoms with Crippen molar-refractivity contribution in [1.82, 2.24) is 39.0 Å². The Bertz CT molecular complexity index is 1410. The van der Waals surface area contributed by atoms with Crippen LogP contribution < -0.4 is 5.32 Å². The summed E-state index contributed by atoms with van der Waals surface area (Å²) in [4.78, 5) is 15.7. The Morgan fingerprint density at radius 2 is 2.00 bits per heavy atom. The fourth-order valence-corrected chi connectivity index (χ4v) is 4.40. The molecule has 1 fully saturated rings. The first-order valence-electron chi connectivity index (χ1n) is 10.6. The van der Waals surface area contributed by atoms with Gasteiger partial charge in [0.2, 0.25) is 0 Å². The van der Waals surface area contributed by atoms with Gasteiger partial charge in [-0.05, 0) is 45.1 Å². The molecule has 9 nitrogen and oxygen atoms in total. The minimum atomic E-state index is -0.340. The second-order valence-corrected chi connectivity index (χ2v) is 8.22. The van der Waals surface area contributed by atoms with Crippen LogP contribution in [0.25, 0.3) is 28.1 Å². The first-order valence-corrected chi connectivity index (χ1v) is 10.6. The maximum Gasteiger partial charge on any atom is 0.168 e. The largest absolute Gasteiger partial charge is 0.325 e. The lowest BCUT2D eigenvalue weighted by Crippen LogP contribution is -2.31. The lowest BCUT2D eigenvalue weighted by molar-refractivity contribution is 0.223. The van der Waals surface area contributed by atoms with E-state index < -0.39 is 0 Å². The molecule has 0 spiro atoms. The summed E-state index contributed by atoms with van der Waals surface area (Å²) in [6.45, 7) is 1.97. The Hall–Kier alpha value is -3.79. The van der Waals surface area contributed by atoms with Crippen LogP contribution in [0.15, 0.2) is 49.2 Å². The van der Waals surface area contributed by atoms with E-state index in [0.29, 0.717) is 22.8 Å². The second-order valence-electron chi connectivity index (χ2n) is 8.22. The summed E-state index contributed by atoms with van der Waals surface area (Å²) in [5.74, 6) is 0.773. The number of fused-ring (bicyclic) bond motifs is 2. The SMILES string of the molecule is CN1CCC(n2cc(F)c3ncc(Nc4cc(-c5cccn6ccnc56)[nH]n4)nc32)CC1. The third-order valence-corrected chi connectivity index (χ3v) is 6.10. The van der Waals surface area contributed by atoms with Gasteiger partial charge in [0.15, 0.2) is 23.1 Å². The number of aromatic nitrogens is 7. The topological polar surface area (TPSA) is 92.0 Å². The molecule has 162 valence electrons. The summed E-state index contributed by atoms with van der Waals surface area (Å²) in [5.41, 5.74) is 3.47. The minimum absolute atomic E-state index is 0.217. The van der Waals surface area contributed by atoms with E-state index in [4.69, 9.17) is 0 Å². The highest BCUT2D eigenvalue weighted by Gasteiger charge is 2.23. The van der Waals surface area contributed by atoms with Gasteiger partial charge < -0.3 is 19.2 Å². The Labute approximate surface area is 182 Å². The zero-order chi connectivity index (χ0) is 21.7. The van der Waals surface area contributed by atoms with E-state index in [0.717, 1.165) is 42.8 Å². The number of nitrogens with one attached hydrogen (secondary N) is 2. The molecular formula is C22H22FN9. The summed E-state index contributed by atoms with van der Waals surface area (Å²) < 4.78 is 18.4. The number of hydrogen-bond donors (Lipinski definition) is 2. The molecule has 5 aromatic heterocycles. The molecule has 0 radical (unpaired) electrons. The predicted molar refractivity (Wildman–Crippen MR) is 119 cm³/mol. The molecule has 0 amide bonds. The summed E-state index contributed by atoms with van der Waals surface area (Å²) in [6, 6.07) is 6.06. The number of likely N-dealkylation sites (tertiary alicyclic amines) is 1. The first kappa shape index (κ1) is 18.9. The van der Waals surface area contributed by atoms with Gasteiger partial charge in [0.1, 0.15) is 11.2 Å². The van der Waals surface area contributed by atoms with Gasteiger partial charge in [0.25, 0.3) is 0 Å². The highest BCUT2D eigenvalue weighted by Crippen LogP contribution is 2.29. The number of pyridine rings is 1. The van der Waals surface area contributed by atoms with Crippen LogP contribution >= 0.6 is 0 Å². The number of halogens is 1. The molecule has 32 heavy (non-hydrogen) atoms. The fraction of sp³-hybridized carbons (Fsp3) is 0.273. The van der Waals surface area contributed by atoms with Crippen molar-refractivity contribution in [2.45, 2.75) is 18.9 Å². The number of nitrogens with zero attached hydrogens (tertiary/aromatic N) is 7. The molecule has 0 aliphatic carbocycles. The van der Waals surface area contributed by atoms with Crippen LogP contribution in [0.4, 0.5) is 16.0 Å². The zero-order valence-electron chi connectivity index (χ0n) is 17.5. The average molecular weight is 431 g/mol. The normalized spacial score (nSPS) is 15.7. The lowest BCUT2D eigenvalue weighted by Gasteiger charge is -2.30. The van der Waals surface area contributed by atoms with E-state index in [9.17, 15) is 4.39 Å². The van der Waals surface area contributed by atoms with Gasteiger partial charge in [0, 0.05) is 42.5 Å². The maximum absolute atomic E-state index is 14.5. The summed E-state index contributed by atoms with van der Waals surface area (Å²) in [7, 11) is 2.11. The van der Waals surface area contributed by atoms with Crippen LogP contribution in [0.2, 0.25) is 0 Å². The highest BCUT2D eigenvalue weighted by atomic mass is 19.1. The Balaban J connectivity index is 1.30. The van der Waals surface area contributed by atoms with Crippen LogP contribution in [-0.2, 0) is 0 Å². The van der Waals surface area contributed by atoms with E-state index in [-0.39, 0.29) is 11.9 Å². The Morgan fingerprint density at radius 3 is 2.88 bits per heavy atom. The van der Waals surface area contributed by atoms with Gasteiger partial charge in [-0.25, -0.2) is 19.3 Å². The van der Waals surface area contributed by atoms with E-state index >= 15 is 0 Å². The van der Waals surface area contributed by atoms with E-state index in [1.807, 2.05) is 39.6 Å². The molecule has 10 heteroatoms. The number of anilines is 2. The lowest BCUT2D eigenvalue weighted by atomic mass is 10.1. The molecule has 1 aliphatic rings. The van der Waals surface area contributed by atoms with Crippen molar-refractivity contribution >= 4 is 28.4 Å². The van der Waals surface area contributed by atoms with Crippen molar-refractivity contribution in [3.05, 3.63) is 55.0 Å². The number of hydrogen-bond acceptors (Lipinski definition) is 6. The quantitative estimate of drug-likeness (QED) is 0.452. The predicted octanol–water partition coefficient (Wildman–Crippen LogP) is 3.62. The van der Waals surface area contributed by atoms with Crippen molar-refractivity contribution in [2.75, 3.05) is 25.5 Å². The molecule has 0 aromatic carbocycles. The van der Waals surface area contributed by atoms with Crippen molar-refractivity contribution in [2.24, 2.45) is 0 Å². The molecule has 0 unspecified atom stereocenters. The molecule has 6 heterocycles. The van der Waals surface area contributed by atoms with Crippen LogP contribution in [0.3, 0.4) is 0 Å². The van der Waals surface area contributed by atoms with E-state index in [2.05, 4.69) is 42.4 Å². The van der Waals surface area contributed by atoms with Crippen molar-refractivity contribution < 1.29 is 4.39 Å². The number of piperidine rings is 1. The molecule has 2 N–H and O–H groups in total. The number of H-pyrrole nitrogens is 1. The van der Waals surface area contributed by atoms with Gasteiger partial charge in [-0.3, -0.25) is 5.10 Å². The molecule has 0 bridgehead atoms. The van der Waals surface area contributed by atoms with Crippen LogP contribution in [0, 0.1) is 5.82 Å². The second kappa shape index (κ2) is 7.41. The van der Waals surface area contributed by atoms with Gasteiger partial charge in [0.05, 0.1) is 11.9 Å². The molecule has 0 saturated carbocycles. The number of imidazole rings is 1. The average Bonchev–Trinajstić information content (AvgIpc) is 3.53. The Kier molecular flexibility index (Phi) is 4.39. The smallest absolute Gasteiger partial charge is 0.168 e. The maximum atomic E-state index is 14.5. The first-order chi connectivity index (χ1) is 15.7.